The molecule has 0 N–H and O–H groups in total. The maximum Gasteiger partial charge on any atom is 0.254 e. The third-order valence-electron chi connectivity index (χ3n) is 3.79. The first-order valence-corrected chi connectivity index (χ1v) is 7.00. The summed E-state index contributed by atoms with van der Waals surface area (Å²) >= 11 is 0. The Labute approximate surface area is 119 Å². The van der Waals surface area contributed by atoms with Crippen molar-refractivity contribution in [2.24, 2.45) is 0 Å². The van der Waals surface area contributed by atoms with Crippen molar-refractivity contribution in [3.8, 4) is 0 Å². The van der Waals surface area contributed by atoms with Crippen LogP contribution < -0.4 is 0 Å². The van der Waals surface area contributed by atoms with Gasteiger partial charge >= 0.3 is 0 Å². The molecule has 2 nitrogen and oxygen atoms in total. The van der Waals surface area contributed by atoms with Gasteiger partial charge in [-0.15, -0.1) is 0 Å². The molecule has 0 saturated heterocycles. The summed E-state index contributed by atoms with van der Waals surface area (Å²) in [6.07, 6.45) is 1.99. The average molecular weight is 273 g/mol. The zero-order valence-electron chi connectivity index (χ0n) is 12.2. The molecule has 3 heteroatoms. The van der Waals surface area contributed by atoms with E-state index in [-0.39, 0.29) is 17.8 Å². The SMILES string of the molecule is CCCC(C)N(C)C(=O)c1ccc(F)c2ccccc12. The van der Waals surface area contributed by atoms with Crippen LogP contribution in [0.5, 0.6) is 0 Å². The van der Waals surface area contributed by atoms with E-state index in [2.05, 4.69) is 6.92 Å². The molecular formula is C17H20FNO. The Morgan fingerprint density at radius 3 is 2.50 bits per heavy atom. The van der Waals surface area contributed by atoms with Crippen molar-refractivity contribution in [2.45, 2.75) is 32.7 Å². The lowest BCUT2D eigenvalue weighted by Gasteiger charge is -2.25. The van der Waals surface area contributed by atoms with E-state index in [0.717, 1.165) is 12.8 Å². The van der Waals surface area contributed by atoms with Gasteiger partial charge in [-0.25, -0.2) is 4.39 Å². The Balaban J connectivity index is 2.43. The number of rotatable bonds is 4. The predicted molar refractivity (Wildman–Crippen MR) is 80.4 cm³/mol. The quantitative estimate of drug-likeness (QED) is 0.816. The standard InChI is InChI=1S/C17H20FNO/c1-4-7-12(2)19(3)17(20)15-10-11-16(18)14-9-6-5-8-13(14)15/h5-6,8-12H,4,7H2,1-3H3. The van der Waals surface area contributed by atoms with E-state index in [1.165, 1.54) is 6.07 Å². The second-order valence-corrected chi connectivity index (χ2v) is 5.19. The summed E-state index contributed by atoms with van der Waals surface area (Å²) in [5.74, 6) is -0.344. The van der Waals surface area contributed by atoms with Crippen LogP contribution in [0.4, 0.5) is 4.39 Å². The van der Waals surface area contributed by atoms with Crippen LogP contribution in [0.15, 0.2) is 36.4 Å². The second kappa shape index (κ2) is 6.04. The van der Waals surface area contributed by atoms with Crippen molar-refractivity contribution in [3.63, 3.8) is 0 Å². The number of nitrogens with zero attached hydrogens (tertiary/aromatic N) is 1. The van der Waals surface area contributed by atoms with E-state index in [0.29, 0.717) is 16.3 Å². The molecule has 1 amide bonds. The normalized spacial score (nSPS) is 12.4. The minimum Gasteiger partial charge on any atom is -0.339 e. The zero-order valence-corrected chi connectivity index (χ0v) is 12.2. The minimum atomic E-state index is -0.290. The number of fused-ring (bicyclic) bond motifs is 1. The maximum absolute atomic E-state index is 13.8. The van der Waals surface area contributed by atoms with Crippen LogP contribution in [-0.2, 0) is 0 Å². The Morgan fingerprint density at radius 1 is 1.20 bits per heavy atom. The van der Waals surface area contributed by atoms with Gasteiger partial charge in [0.25, 0.3) is 5.91 Å². The fraction of sp³-hybridized carbons (Fsp3) is 0.353. The number of amides is 1. The molecule has 0 bridgehead atoms. The fourth-order valence-corrected chi connectivity index (χ4v) is 2.45. The maximum atomic E-state index is 13.8. The Morgan fingerprint density at radius 2 is 1.85 bits per heavy atom. The summed E-state index contributed by atoms with van der Waals surface area (Å²) in [4.78, 5) is 14.3. The van der Waals surface area contributed by atoms with Gasteiger partial charge in [-0.2, -0.15) is 0 Å². The van der Waals surface area contributed by atoms with E-state index < -0.39 is 0 Å². The summed E-state index contributed by atoms with van der Waals surface area (Å²) < 4.78 is 13.8. The first-order valence-electron chi connectivity index (χ1n) is 7.00. The van der Waals surface area contributed by atoms with Gasteiger partial charge in [0.05, 0.1) is 0 Å². The first kappa shape index (κ1) is 14.5. The van der Waals surface area contributed by atoms with Gasteiger partial charge in [0, 0.05) is 24.0 Å². The van der Waals surface area contributed by atoms with Crippen LogP contribution in [0.3, 0.4) is 0 Å². The topological polar surface area (TPSA) is 20.3 Å². The molecule has 0 fully saturated rings. The van der Waals surface area contributed by atoms with Crippen molar-refractivity contribution >= 4 is 16.7 Å². The van der Waals surface area contributed by atoms with Crippen molar-refractivity contribution in [3.05, 3.63) is 47.8 Å². The molecule has 0 aromatic heterocycles. The van der Waals surface area contributed by atoms with E-state index in [4.69, 9.17) is 0 Å². The van der Waals surface area contributed by atoms with Crippen LogP contribution in [0.25, 0.3) is 10.8 Å². The van der Waals surface area contributed by atoms with Gasteiger partial charge in [0.2, 0.25) is 0 Å². The molecule has 0 aliphatic carbocycles. The average Bonchev–Trinajstić information content (AvgIpc) is 2.47. The zero-order chi connectivity index (χ0) is 14.7. The highest BCUT2D eigenvalue weighted by Gasteiger charge is 2.19. The fourth-order valence-electron chi connectivity index (χ4n) is 2.45. The molecule has 20 heavy (non-hydrogen) atoms. The molecule has 0 saturated carbocycles. The summed E-state index contributed by atoms with van der Waals surface area (Å²) in [5.41, 5.74) is 0.562. The van der Waals surface area contributed by atoms with Gasteiger partial charge < -0.3 is 4.90 Å². The highest BCUT2D eigenvalue weighted by molar-refractivity contribution is 6.07. The Bertz CT molecular complexity index is 623. The van der Waals surface area contributed by atoms with Crippen LogP contribution in [0, 0.1) is 5.82 Å². The lowest BCUT2D eigenvalue weighted by atomic mass is 10.0. The van der Waals surface area contributed by atoms with Gasteiger partial charge in [0.15, 0.2) is 0 Å². The van der Waals surface area contributed by atoms with E-state index in [1.807, 2.05) is 13.0 Å². The first-order chi connectivity index (χ1) is 9.56. The van der Waals surface area contributed by atoms with Gasteiger partial charge in [-0.1, -0.05) is 37.6 Å². The lowest BCUT2D eigenvalue weighted by molar-refractivity contribution is 0.0739. The highest BCUT2D eigenvalue weighted by Crippen LogP contribution is 2.23. The number of benzene rings is 2. The number of hydrogen-bond donors (Lipinski definition) is 0. The number of halogens is 1. The predicted octanol–water partition coefficient (Wildman–Crippen LogP) is 4.24. The monoisotopic (exact) mass is 273 g/mol. The molecule has 2 rings (SSSR count). The van der Waals surface area contributed by atoms with Crippen molar-refractivity contribution in [1.29, 1.82) is 0 Å². The summed E-state index contributed by atoms with van der Waals surface area (Å²) in [7, 11) is 1.81. The largest absolute Gasteiger partial charge is 0.339 e. The molecule has 1 unspecified atom stereocenters. The molecule has 1 atom stereocenters. The van der Waals surface area contributed by atoms with Crippen molar-refractivity contribution in [1.82, 2.24) is 4.90 Å². The van der Waals surface area contributed by atoms with Crippen LogP contribution in [0.2, 0.25) is 0 Å². The van der Waals surface area contributed by atoms with E-state index >= 15 is 0 Å². The van der Waals surface area contributed by atoms with Crippen LogP contribution in [0.1, 0.15) is 37.0 Å². The van der Waals surface area contributed by atoms with E-state index in [9.17, 15) is 9.18 Å². The molecule has 106 valence electrons. The van der Waals surface area contributed by atoms with Gasteiger partial charge in [-0.05, 0) is 30.9 Å². The third-order valence-corrected chi connectivity index (χ3v) is 3.79. The van der Waals surface area contributed by atoms with Crippen molar-refractivity contribution in [2.75, 3.05) is 7.05 Å². The van der Waals surface area contributed by atoms with E-state index in [1.54, 1.807) is 36.2 Å². The number of carbonyl (C=O) groups is 1. The Kier molecular flexibility index (Phi) is 4.38. The lowest BCUT2D eigenvalue weighted by Crippen LogP contribution is -2.35. The molecule has 0 aliphatic rings. The van der Waals surface area contributed by atoms with Gasteiger partial charge in [0.1, 0.15) is 5.82 Å². The highest BCUT2D eigenvalue weighted by atomic mass is 19.1. The third kappa shape index (κ3) is 2.67. The molecular weight excluding hydrogens is 253 g/mol. The summed E-state index contributed by atoms with van der Waals surface area (Å²) in [5, 5.41) is 1.17. The number of carbonyl (C=O) groups excluding carboxylic acids is 1. The van der Waals surface area contributed by atoms with Gasteiger partial charge in [-0.3, -0.25) is 4.79 Å². The number of hydrogen-bond acceptors (Lipinski definition) is 1. The summed E-state index contributed by atoms with van der Waals surface area (Å²) in [6, 6.07) is 10.2. The smallest absolute Gasteiger partial charge is 0.254 e. The Hall–Kier alpha value is -1.90. The second-order valence-electron chi connectivity index (χ2n) is 5.19. The molecule has 2 aromatic rings. The van der Waals surface area contributed by atoms with Crippen molar-refractivity contribution < 1.29 is 9.18 Å². The van der Waals surface area contributed by atoms with Crippen LogP contribution in [-0.4, -0.2) is 23.9 Å². The molecule has 0 heterocycles. The molecule has 2 aromatic carbocycles. The minimum absolute atomic E-state index is 0.0536. The molecule has 0 aliphatic heterocycles. The van der Waals surface area contributed by atoms with Crippen LogP contribution >= 0.6 is 0 Å². The summed E-state index contributed by atoms with van der Waals surface area (Å²) in [6.45, 7) is 4.13. The molecule has 0 spiro atoms. The molecule has 0 radical (unpaired) electrons.